The predicted octanol–water partition coefficient (Wildman–Crippen LogP) is 4.61. The number of aryl methyl sites for hydroxylation is 1. The van der Waals surface area contributed by atoms with E-state index in [9.17, 15) is 4.79 Å². The molecule has 32 heavy (non-hydrogen) atoms. The summed E-state index contributed by atoms with van der Waals surface area (Å²) in [6.45, 7) is 5.74. The average molecular weight is 451 g/mol. The van der Waals surface area contributed by atoms with Crippen LogP contribution in [0.15, 0.2) is 53.7 Å². The van der Waals surface area contributed by atoms with Gasteiger partial charge in [-0.25, -0.2) is 0 Å². The third-order valence-electron chi connectivity index (χ3n) is 5.94. The maximum atomic E-state index is 13.1. The number of rotatable bonds is 8. The van der Waals surface area contributed by atoms with E-state index in [1.807, 2.05) is 23.1 Å². The summed E-state index contributed by atoms with van der Waals surface area (Å²) in [5.74, 6) is 2.25. The number of thioether (sulfide) groups is 1. The largest absolute Gasteiger partial charge is 0.497 e. The molecule has 7 heteroatoms. The molecule has 0 spiro atoms. The Balaban J connectivity index is 1.42. The summed E-state index contributed by atoms with van der Waals surface area (Å²) in [6.07, 6.45) is 2.94. The van der Waals surface area contributed by atoms with Crippen LogP contribution in [-0.4, -0.2) is 51.0 Å². The molecule has 1 aliphatic heterocycles. The van der Waals surface area contributed by atoms with Crippen molar-refractivity contribution in [2.24, 2.45) is 0 Å². The van der Waals surface area contributed by atoms with Gasteiger partial charge in [0.1, 0.15) is 5.75 Å². The highest BCUT2D eigenvalue weighted by molar-refractivity contribution is 7.99. The van der Waals surface area contributed by atoms with E-state index in [1.54, 1.807) is 7.11 Å². The monoisotopic (exact) mass is 450 g/mol. The Bertz CT molecular complexity index is 1080. The van der Waals surface area contributed by atoms with Crippen LogP contribution >= 0.6 is 11.8 Å². The second-order valence-corrected chi connectivity index (χ2v) is 9.09. The van der Waals surface area contributed by atoms with Gasteiger partial charge in [-0.15, -0.1) is 10.2 Å². The minimum atomic E-state index is 0.170. The smallest absolute Gasteiger partial charge is 0.233 e. The van der Waals surface area contributed by atoms with E-state index in [-0.39, 0.29) is 11.9 Å². The molecule has 0 saturated carbocycles. The molecule has 0 radical (unpaired) electrons. The number of nitrogens with zero attached hydrogens (tertiary/aromatic N) is 4. The number of likely N-dealkylation sites (tertiary alicyclic amines) is 1. The van der Waals surface area contributed by atoms with Gasteiger partial charge in [-0.1, -0.05) is 47.7 Å². The third-order valence-corrected chi connectivity index (χ3v) is 6.89. The summed E-state index contributed by atoms with van der Waals surface area (Å²) in [5.41, 5.74) is 3.44. The number of aromatic nitrogens is 3. The summed E-state index contributed by atoms with van der Waals surface area (Å²) in [6, 6.07) is 16.6. The minimum absolute atomic E-state index is 0.170. The van der Waals surface area contributed by atoms with E-state index in [4.69, 9.17) is 4.74 Å². The number of amides is 1. The van der Waals surface area contributed by atoms with Gasteiger partial charge in [0.15, 0.2) is 11.0 Å². The average Bonchev–Trinajstić information content (AvgIpc) is 3.44. The fraction of sp³-hybridized carbons (Fsp3) is 0.400. The number of hydrogen-bond donors (Lipinski definition) is 0. The van der Waals surface area contributed by atoms with Crippen molar-refractivity contribution in [1.82, 2.24) is 19.7 Å². The molecular weight excluding hydrogens is 420 g/mol. The number of methoxy groups -OCH3 is 1. The van der Waals surface area contributed by atoms with Gasteiger partial charge in [-0.3, -0.25) is 4.79 Å². The van der Waals surface area contributed by atoms with Gasteiger partial charge in [0.2, 0.25) is 5.91 Å². The summed E-state index contributed by atoms with van der Waals surface area (Å²) in [5, 5.41) is 9.60. The molecule has 1 atom stereocenters. The van der Waals surface area contributed by atoms with Gasteiger partial charge in [0.25, 0.3) is 0 Å². The van der Waals surface area contributed by atoms with Crippen molar-refractivity contribution in [1.29, 1.82) is 0 Å². The van der Waals surface area contributed by atoms with Crippen molar-refractivity contribution in [2.75, 3.05) is 19.4 Å². The fourth-order valence-electron chi connectivity index (χ4n) is 4.34. The lowest BCUT2D eigenvalue weighted by Gasteiger charge is -2.25. The van der Waals surface area contributed by atoms with Crippen LogP contribution in [0.25, 0.3) is 11.4 Å². The molecular formula is C25H30N4O2S. The highest BCUT2D eigenvalue weighted by Crippen LogP contribution is 2.27. The number of ether oxygens (including phenoxy) is 1. The van der Waals surface area contributed by atoms with Crippen LogP contribution in [0.3, 0.4) is 0 Å². The molecule has 168 valence electrons. The van der Waals surface area contributed by atoms with E-state index in [0.717, 1.165) is 54.6 Å². The van der Waals surface area contributed by atoms with Gasteiger partial charge in [0.05, 0.1) is 12.9 Å². The molecule has 4 rings (SSSR count). The molecule has 1 amide bonds. The quantitative estimate of drug-likeness (QED) is 0.469. The van der Waals surface area contributed by atoms with E-state index >= 15 is 0 Å². The summed E-state index contributed by atoms with van der Waals surface area (Å²) >= 11 is 1.48. The van der Waals surface area contributed by atoms with Crippen molar-refractivity contribution in [3.63, 3.8) is 0 Å². The molecule has 2 heterocycles. The first-order valence-electron chi connectivity index (χ1n) is 11.1. The van der Waals surface area contributed by atoms with Crippen molar-refractivity contribution >= 4 is 17.7 Å². The second kappa shape index (κ2) is 10.2. The first-order valence-corrected chi connectivity index (χ1v) is 12.1. The molecule has 1 unspecified atom stereocenters. The normalized spacial score (nSPS) is 15.8. The zero-order chi connectivity index (χ0) is 22.5. The molecule has 3 aromatic rings. The molecule has 0 aliphatic carbocycles. The lowest BCUT2D eigenvalue weighted by molar-refractivity contribution is -0.129. The maximum Gasteiger partial charge on any atom is 0.233 e. The molecule has 1 aliphatic rings. The Kier molecular flexibility index (Phi) is 7.15. The molecule has 1 saturated heterocycles. The summed E-state index contributed by atoms with van der Waals surface area (Å²) < 4.78 is 7.43. The van der Waals surface area contributed by atoms with Crippen LogP contribution in [-0.2, 0) is 17.8 Å². The van der Waals surface area contributed by atoms with Crippen LogP contribution in [0.4, 0.5) is 0 Å². The summed E-state index contributed by atoms with van der Waals surface area (Å²) in [4.78, 5) is 15.1. The maximum absolute atomic E-state index is 13.1. The fourth-order valence-corrected chi connectivity index (χ4v) is 5.22. The number of hydrogen-bond acceptors (Lipinski definition) is 5. The SMILES string of the molecule is CCn1c(SCC(=O)N2CCCC2Cc2cccc(OC)c2)nnc1-c1cccc(C)c1. The minimum Gasteiger partial charge on any atom is -0.497 e. The Morgan fingerprint density at radius 1 is 1.19 bits per heavy atom. The first kappa shape index (κ1) is 22.4. The Morgan fingerprint density at radius 2 is 2.03 bits per heavy atom. The summed E-state index contributed by atoms with van der Waals surface area (Å²) in [7, 11) is 1.68. The van der Waals surface area contributed by atoms with Gasteiger partial charge in [0, 0.05) is 24.7 Å². The molecule has 1 aromatic heterocycles. The molecule has 2 aromatic carbocycles. The Morgan fingerprint density at radius 3 is 2.81 bits per heavy atom. The van der Waals surface area contributed by atoms with Crippen LogP contribution < -0.4 is 4.74 Å². The zero-order valence-electron chi connectivity index (χ0n) is 19.0. The standard InChI is InChI=1S/C25H30N4O2S/c1-4-28-24(20-10-5-8-18(2)14-20)26-27-25(28)32-17-23(30)29-13-7-11-21(29)15-19-9-6-12-22(16-19)31-3/h5-6,8-10,12,14,16,21H,4,7,11,13,15,17H2,1-3H3. The van der Waals surface area contributed by atoms with E-state index in [1.165, 1.54) is 22.9 Å². The number of benzene rings is 2. The van der Waals surface area contributed by atoms with Crippen LogP contribution in [0.1, 0.15) is 30.9 Å². The Labute approximate surface area is 194 Å². The van der Waals surface area contributed by atoms with Gasteiger partial charge < -0.3 is 14.2 Å². The van der Waals surface area contributed by atoms with Crippen molar-refractivity contribution in [3.8, 4) is 17.1 Å². The van der Waals surface area contributed by atoms with E-state index < -0.39 is 0 Å². The number of carbonyl (C=O) groups excluding carboxylic acids is 1. The van der Waals surface area contributed by atoms with Crippen molar-refractivity contribution in [2.45, 2.75) is 50.9 Å². The van der Waals surface area contributed by atoms with E-state index in [2.05, 4.69) is 58.9 Å². The first-order chi connectivity index (χ1) is 15.6. The van der Waals surface area contributed by atoms with Crippen LogP contribution in [0.5, 0.6) is 5.75 Å². The zero-order valence-corrected chi connectivity index (χ0v) is 19.8. The predicted molar refractivity (Wildman–Crippen MR) is 128 cm³/mol. The third kappa shape index (κ3) is 4.99. The lowest BCUT2D eigenvalue weighted by Crippen LogP contribution is -2.38. The lowest BCUT2D eigenvalue weighted by atomic mass is 10.0. The van der Waals surface area contributed by atoms with Crippen molar-refractivity contribution in [3.05, 3.63) is 59.7 Å². The van der Waals surface area contributed by atoms with Gasteiger partial charge in [-0.2, -0.15) is 0 Å². The number of carbonyl (C=O) groups is 1. The van der Waals surface area contributed by atoms with E-state index in [0.29, 0.717) is 5.75 Å². The highest BCUT2D eigenvalue weighted by Gasteiger charge is 2.29. The van der Waals surface area contributed by atoms with Crippen LogP contribution in [0.2, 0.25) is 0 Å². The van der Waals surface area contributed by atoms with Gasteiger partial charge >= 0.3 is 0 Å². The highest BCUT2D eigenvalue weighted by atomic mass is 32.2. The molecule has 0 N–H and O–H groups in total. The topological polar surface area (TPSA) is 60.2 Å². The molecule has 0 bridgehead atoms. The molecule has 6 nitrogen and oxygen atoms in total. The second-order valence-electron chi connectivity index (χ2n) is 8.15. The molecule has 1 fully saturated rings. The van der Waals surface area contributed by atoms with Gasteiger partial charge in [-0.05, 0) is 56.9 Å². The van der Waals surface area contributed by atoms with Crippen molar-refractivity contribution < 1.29 is 9.53 Å². The van der Waals surface area contributed by atoms with Crippen LogP contribution in [0, 0.1) is 6.92 Å². The Hall–Kier alpha value is -2.80.